The quantitative estimate of drug-likeness (QED) is 0.721. The molecule has 1 saturated heterocycles. The highest BCUT2D eigenvalue weighted by atomic mass is 16.5. The van der Waals surface area contributed by atoms with E-state index in [1.807, 2.05) is 6.20 Å². The number of rotatable bonds is 4. The van der Waals surface area contributed by atoms with Crippen LogP contribution in [-0.4, -0.2) is 44.4 Å². The van der Waals surface area contributed by atoms with E-state index in [0.717, 1.165) is 44.9 Å². The molecule has 118 valence electrons. The van der Waals surface area contributed by atoms with Crippen LogP contribution < -0.4 is 10.2 Å². The number of pyridine rings is 1. The molecule has 0 spiro atoms. The predicted molar refractivity (Wildman–Crippen MR) is 94.1 cm³/mol. The highest BCUT2D eigenvalue weighted by Gasteiger charge is 2.13. The van der Waals surface area contributed by atoms with Crippen LogP contribution in [0.3, 0.4) is 0 Å². The molecular weight excluding hydrogens is 286 g/mol. The average molecular weight is 308 g/mol. The largest absolute Gasteiger partial charge is 0.379 e. The Labute approximate surface area is 136 Å². The third-order valence-electron chi connectivity index (χ3n) is 4.60. The van der Waals surface area contributed by atoms with Gasteiger partial charge in [0.05, 0.1) is 31.8 Å². The molecule has 0 aliphatic carbocycles. The number of hydrogen-bond donors (Lipinski definition) is 2. The number of nitrogens with zero attached hydrogens (tertiary/aromatic N) is 1. The number of nitrogens with one attached hydrogen (secondary N) is 2. The fourth-order valence-electron chi connectivity index (χ4n) is 3.27. The first-order valence-electron chi connectivity index (χ1n) is 8.33. The van der Waals surface area contributed by atoms with E-state index >= 15 is 0 Å². The Morgan fingerprint density at radius 3 is 2.65 bits per heavy atom. The molecule has 4 rings (SSSR count). The summed E-state index contributed by atoms with van der Waals surface area (Å²) in [6, 6.07) is 14.9. The molecule has 0 unspecified atom stereocenters. The van der Waals surface area contributed by atoms with E-state index in [-0.39, 0.29) is 0 Å². The molecule has 0 atom stereocenters. The van der Waals surface area contributed by atoms with Crippen molar-refractivity contribution in [1.29, 1.82) is 0 Å². The molecule has 2 heterocycles. The summed E-state index contributed by atoms with van der Waals surface area (Å²) in [6.45, 7) is 6.11. The minimum absolute atomic E-state index is 0.888. The lowest BCUT2D eigenvalue weighted by Gasteiger charge is -2.24. The third kappa shape index (κ3) is 3.14. The summed E-state index contributed by atoms with van der Waals surface area (Å²) in [5, 5.41) is 7.29. The lowest BCUT2D eigenvalue weighted by Crippen LogP contribution is -3.14. The normalized spacial score (nSPS) is 16.0. The van der Waals surface area contributed by atoms with E-state index in [1.165, 1.54) is 21.8 Å². The van der Waals surface area contributed by atoms with Crippen LogP contribution in [0.25, 0.3) is 21.7 Å². The third-order valence-corrected chi connectivity index (χ3v) is 4.60. The predicted octanol–water partition coefficient (Wildman–Crippen LogP) is 1.71. The molecule has 1 aliphatic rings. The van der Waals surface area contributed by atoms with Gasteiger partial charge in [-0.3, -0.25) is 4.98 Å². The summed E-state index contributed by atoms with van der Waals surface area (Å²) >= 11 is 0. The fraction of sp³-hybridized carbons (Fsp3) is 0.316. The molecule has 2 aromatic carbocycles. The van der Waals surface area contributed by atoms with Gasteiger partial charge in [-0.2, -0.15) is 0 Å². The van der Waals surface area contributed by atoms with Gasteiger partial charge < -0.3 is 15.0 Å². The lowest BCUT2D eigenvalue weighted by atomic mass is 10.1. The van der Waals surface area contributed by atoms with Gasteiger partial charge in [0.15, 0.2) is 0 Å². The Kier molecular flexibility index (Phi) is 4.09. The fourth-order valence-corrected chi connectivity index (χ4v) is 3.27. The number of fused-ring (bicyclic) bond motifs is 2. The lowest BCUT2D eigenvalue weighted by molar-refractivity contribution is -0.906. The first kappa shape index (κ1) is 14.4. The zero-order valence-corrected chi connectivity index (χ0v) is 13.2. The Hall–Kier alpha value is -2.17. The summed E-state index contributed by atoms with van der Waals surface area (Å²) in [5.41, 5.74) is 2.22. The van der Waals surface area contributed by atoms with Crippen molar-refractivity contribution in [1.82, 2.24) is 4.98 Å². The number of benzene rings is 2. The van der Waals surface area contributed by atoms with Gasteiger partial charge in [-0.15, -0.1) is 0 Å². The van der Waals surface area contributed by atoms with Gasteiger partial charge in [-0.05, 0) is 29.0 Å². The minimum atomic E-state index is 0.888. The van der Waals surface area contributed by atoms with Crippen molar-refractivity contribution >= 4 is 27.4 Å². The summed E-state index contributed by atoms with van der Waals surface area (Å²) in [5.74, 6) is 0. The Morgan fingerprint density at radius 2 is 1.83 bits per heavy atom. The maximum absolute atomic E-state index is 5.41. The molecule has 1 aromatic heterocycles. The number of quaternary nitrogens is 1. The maximum atomic E-state index is 5.41. The first-order valence-corrected chi connectivity index (χ1v) is 8.33. The number of morpholine rings is 1. The molecule has 23 heavy (non-hydrogen) atoms. The Balaban J connectivity index is 1.55. The van der Waals surface area contributed by atoms with Crippen LogP contribution in [0.1, 0.15) is 0 Å². The number of anilines is 1. The van der Waals surface area contributed by atoms with Crippen molar-refractivity contribution in [2.45, 2.75) is 0 Å². The van der Waals surface area contributed by atoms with E-state index in [9.17, 15) is 0 Å². The molecule has 2 N–H and O–H groups in total. The van der Waals surface area contributed by atoms with Crippen LogP contribution in [0.5, 0.6) is 0 Å². The Bertz CT molecular complexity index is 812. The van der Waals surface area contributed by atoms with E-state index in [2.05, 4.69) is 52.8 Å². The monoisotopic (exact) mass is 308 g/mol. The molecule has 1 fully saturated rings. The van der Waals surface area contributed by atoms with E-state index in [0.29, 0.717) is 0 Å². The molecule has 4 heteroatoms. The van der Waals surface area contributed by atoms with Crippen LogP contribution in [0, 0.1) is 0 Å². The van der Waals surface area contributed by atoms with Gasteiger partial charge in [0.1, 0.15) is 13.1 Å². The molecule has 0 amide bonds. The summed E-state index contributed by atoms with van der Waals surface area (Å²) < 4.78 is 5.41. The van der Waals surface area contributed by atoms with Gasteiger partial charge in [0, 0.05) is 17.3 Å². The molecular formula is C19H22N3O+. The highest BCUT2D eigenvalue weighted by molar-refractivity contribution is 6.01. The highest BCUT2D eigenvalue weighted by Crippen LogP contribution is 2.26. The maximum Gasteiger partial charge on any atom is 0.101 e. The van der Waals surface area contributed by atoms with Gasteiger partial charge in [-0.25, -0.2) is 0 Å². The van der Waals surface area contributed by atoms with Gasteiger partial charge in [0.2, 0.25) is 0 Å². The summed E-state index contributed by atoms with van der Waals surface area (Å²) in [4.78, 5) is 6.15. The zero-order chi connectivity index (χ0) is 15.5. The molecule has 1 aliphatic heterocycles. The first-order chi connectivity index (χ1) is 11.4. The minimum Gasteiger partial charge on any atom is -0.379 e. The van der Waals surface area contributed by atoms with Crippen LogP contribution in [0.2, 0.25) is 0 Å². The second kappa shape index (κ2) is 6.52. The van der Waals surface area contributed by atoms with Crippen LogP contribution >= 0.6 is 0 Å². The zero-order valence-electron chi connectivity index (χ0n) is 13.2. The van der Waals surface area contributed by atoms with Crippen molar-refractivity contribution in [2.24, 2.45) is 0 Å². The smallest absolute Gasteiger partial charge is 0.101 e. The van der Waals surface area contributed by atoms with E-state index in [4.69, 9.17) is 4.74 Å². The molecule has 3 aromatic rings. The Morgan fingerprint density at radius 1 is 1.04 bits per heavy atom. The van der Waals surface area contributed by atoms with Crippen molar-refractivity contribution in [2.75, 3.05) is 44.7 Å². The van der Waals surface area contributed by atoms with Gasteiger partial charge in [0.25, 0.3) is 0 Å². The summed E-state index contributed by atoms with van der Waals surface area (Å²) in [7, 11) is 0. The second-order valence-corrected chi connectivity index (χ2v) is 6.11. The number of ether oxygens (including phenoxy) is 1. The molecule has 0 bridgehead atoms. The van der Waals surface area contributed by atoms with E-state index < -0.39 is 0 Å². The van der Waals surface area contributed by atoms with Crippen molar-refractivity contribution in [3.05, 3.63) is 48.7 Å². The van der Waals surface area contributed by atoms with Gasteiger partial charge in [-0.1, -0.05) is 24.3 Å². The van der Waals surface area contributed by atoms with Crippen LogP contribution in [0.15, 0.2) is 48.7 Å². The average Bonchev–Trinajstić information content (AvgIpc) is 2.61. The van der Waals surface area contributed by atoms with Crippen molar-refractivity contribution in [3.63, 3.8) is 0 Å². The van der Waals surface area contributed by atoms with Gasteiger partial charge >= 0.3 is 0 Å². The SMILES string of the molecule is c1ccc2cc3c(NCC[NH+]4CCOCC4)ccnc3cc2c1. The van der Waals surface area contributed by atoms with E-state index in [1.54, 1.807) is 4.90 Å². The molecule has 0 saturated carbocycles. The van der Waals surface area contributed by atoms with Crippen LogP contribution in [0.4, 0.5) is 5.69 Å². The van der Waals surface area contributed by atoms with Crippen molar-refractivity contribution < 1.29 is 9.64 Å². The number of hydrogen-bond acceptors (Lipinski definition) is 3. The topological polar surface area (TPSA) is 38.6 Å². The van der Waals surface area contributed by atoms with Crippen molar-refractivity contribution in [3.8, 4) is 0 Å². The number of aromatic nitrogens is 1. The summed E-state index contributed by atoms with van der Waals surface area (Å²) in [6.07, 6.45) is 1.89. The molecule has 0 radical (unpaired) electrons. The standard InChI is InChI=1S/C19H21N3O/c1-2-4-16-14-19-17(13-15(16)3-1)18(5-6-20-19)21-7-8-22-9-11-23-12-10-22/h1-6,13-14H,7-12H2,(H,20,21)/p+1. The molecule has 4 nitrogen and oxygen atoms in total. The van der Waals surface area contributed by atoms with Crippen LogP contribution in [-0.2, 0) is 4.74 Å². The second-order valence-electron chi connectivity index (χ2n) is 6.11.